The minimum atomic E-state index is -3.33. The summed E-state index contributed by atoms with van der Waals surface area (Å²) in [6, 6.07) is 4.18. The van der Waals surface area contributed by atoms with E-state index in [1.807, 2.05) is 0 Å². The highest BCUT2D eigenvalue weighted by atomic mass is 35.5. The zero-order chi connectivity index (χ0) is 13.9. The lowest BCUT2D eigenvalue weighted by atomic mass is 10.3. The van der Waals surface area contributed by atoms with Gasteiger partial charge in [-0.3, -0.25) is 4.79 Å². The summed E-state index contributed by atoms with van der Waals surface area (Å²) in [5, 5.41) is 2.83. The summed E-state index contributed by atoms with van der Waals surface area (Å²) >= 11 is 5.90. The molecule has 0 aliphatic heterocycles. The number of hydrogen-bond acceptors (Lipinski definition) is 3. The first-order valence-corrected chi connectivity index (χ1v) is 7.42. The van der Waals surface area contributed by atoms with Crippen LogP contribution >= 0.6 is 11.6 Å². The van der Waals surface area contributed by atoms with E-state index in [1.54, 1.807) is 13.8 Å². The lowest BCUT2D eigenvalue weighted by Gasteiger charge is -2.07. The van der Waals surface area contributed by atoms with E-state index in [1.165, 1.54) is 24.3 Å². The number of benzene rings is 1. The maximum Gasteiger partial charge on any atom is 0.248 e. The number of carbonyl (C=O) groups excluding carboxylic acids is 1. The molecule has 0 aromatic heterocycles. The molecule has 1 N–H and O–H groups in total. The fourth-order valence-electron chi connectivity index (χ4n) is 1.26. The van der Waals surface area contributed by atoms with E-state index in [0.29, 0.717) is 0 Å². The predicted octanol–water partition coefficient (Wildman–Crippen LogP) is 2.65. The molecule has 0 atom stereocenters. The van der Waals surface area contributed by atoms with Crippen LogP contribution in [0.2, 0.25) is 5.02 Å². The van der Waals surface area contributed by atoms with Crippen molar-refractivity contribution in [2.24, 2.45) is 0 Å². The number of halogens is 1. The third kappa shape index (κ3) is 4.16. The van der Waals surface area contributed by atoms with Gasteiger partial charge in [-0.05, 0) is 32.0 Å². The second-order valence-electron chi connectivity index (χ2n) is 4.12. The zero-order valence-electron chi connectivity index (χ0n) is 10.3. The molecule has 18 heavy (non-hydrogen) atoms. The van der Waals surface area contributed by atoms with Crippen molar-refractivity contribution in [3.63, 3.8) is 0 Å². The number of allylic oxidation sites excluding steroid dienone is 1. The van der Waals surface area contributed by atoms with Gasteiger partial charge in [0.2, 0.25) is 5.91 Å². The first-order chi connectivity index (χ1) is 8.20. The van der Waals surface area contributed by atoms with Gasteiger partial charge in [0.1, 0.15) is 0 Å². The predicted molar refractivity (Wildman–Crippen MR) is 72.6 cm³/mol. The number of hydrogen-bond donors (Lipinski definition) is 1. The van der Waals surface area contributed by atoms with Crippen molar-refractivity contribution in [2.75, 3.05) is 11.6 Å². The SMILES string of the molecule is CC(C)=CC(=O)Nc1cc(S(C)(=O)=O)ccc1Cl. The Hall–Kier alpha value is -1.33. The van der Waals surface area contributed by atoms with Gasteiger partial charge in [-0.25, -0.2) is 8.42 Å². The van der Waals surface area contributed by atoms with Gasteiger partial charge in [0, 0.05) is 12.3 Å². The van der Waals surface area contributed by atoms with Crippen molar-refractivity contribution in [1.82, 2.24) is 0 Å². The van der Waals surface area contributed by atoms with E-state index in [2.05, 4.69) is 5.32 Å². The van der Waals surface area contributed by atoms with Crippen LogP contribution in [0.5, 0.6) is 0 Å². The van der Waals surface area contributed by atoms with Crippen molar-refractivity contribution in [2.45, 2.75) is 18.7 Å². The van der Waals surface area contributed by atoms with Gasteiger partial charge < -0.3 is 5.32 Å². The van der Waals surface area contributed by atoms with Crippen LogP contribution in [0.15, 0.2) is 34.7 Å². The standard InChI is InChI=1S/C12H14ClNO3S/c1-8(2)6-12(15)14-11-7-9(18(3,16)17)4-5-10(11)13/h4-7H,1-3H3,(H,14,15). The molecule has 6 heteroatoms. The number of nitrogens with one attached hydrogen (secondary N) is 1. The molecule has 0 saturated carbocycles. The van der Waals surface area contributed by atoms with Gasteiger partial charge in [0.25, 0.3) is 0 Å². The summed E-state index contributed by atoms with van der Waals surface area (Å²) in [7, 11) is -3.33. The maximum absolute atomic E-state index is 11.5. The molecule has 0 aliphatic carbocycles. The van der Waals surface area contributed by atoms with Gasteiger partial charge >= 0.3 is 0 Å². The smallest absolute Gasteiger partial charge is 0.248 e. The van der Waals surface area contributed by atoms with E-state index >= 15 is 0 Å². The highest BCUT2D eigenvalue weighted by Crippen LogP contribution is 2.25. The second kappa shape index (κ2) is 5.54. The van der Waals surface area contributed by atoms with Gasteiger partial charge in [0.05, 0.1) is 15.6 Å². The number of carbonyl (C=O) groups is 1. The minimum absolute atomic E-state index is 0.111. The maximum atomic E-state index is 11.5. The second-order valence-corrected chi connectivity index (χ2v) is 6.55. The van der Waals surface area contributed by atoms with Gasteiger partial charge in [-0.15, -0.1) is 0 Å². The Morgan fingerprint density at radius 1 is 1.33 bits per heavy atom. The Morgan fingerprint density at radius 3 is 2.44 bits per heavy atom. The third-order valence-electron chi connectivity index (χ3n) is 2.04. The molecule has 0 bridgehead atoms. The summed E-state index contributed by atoms with van der Waals surface area (Å²) in [4.78, 5) is 11.7. The lowest BCUT2D eigenvalue weighted by molar-refractivity contribution is -0.111. The molecule has 0 saturated heterocycles. The van der Waals surface area contributed by atoms with Crippen LogP contribution < -0.4 is 5.32 Å². The van der Waals surface area contributed by atoms with Gasteiger partial charge in [0.15, 0.2) is 9.84 Å². The Kier molecular flexibility index (Phi) is 4.53. The van der Waals surface area contributed by atoms with Crippen LogP contribution in [-0.2, 0) is 14.6 Å². The summed E-state index contributed by atoms with van der Waals surface area (Å²) < 4.78 is 22.8. The first kappa shape index (κ1) is 14.7. The van der Waals surface area contributed by atoms with Gasteiger partial charge in [-0.1, -0.05) is 17.2 Å². The zero-order valence-corrected chi connectivity index (χ0v) is 11.9. The Balaban J connectivity index is 3.10. The van der Waals surface area contributed by atoms with Crippen molar-refractivity contribution in [3.8, 4) is 0 Å². The summed E-state index contributed by atoms with van der Waals surface area (Å²) in [5.74, 6) is -0.345. The average molecular weight is 288 g/mol. The molecule has 1 amide bonds. The molecule has 0 aliphatic rings. The van der Waals surface area contributed by atoms with Crippen LogP contribution in [0.4, 0.5) is 5.69 Å². The number of amides is 1. The van der Waals surface area contributed by atoms with Crippen molar-refractivity contribution < 1.29 is 13.2 Å². The summed E-state index contributed by atoms with van der Waals surface area (Å²) in [6.45, 7) is 3.57. The number of sulfone groups is 1. The molecule has 0 fully saturated rings. The minimum Gasteiger partial charge on any atom is -0.321 e. The molecule has 1 aromatic rings. The highest BCUT2D eigenvalue weighted by Gasteiger charge is 2.11. The summed E-state index contributed by atoms with van der Waals surface area (Å²) in [6.07, 6.45) is 2.50. The van der Waals surface area contributed by atoms with Crippen LogP contribution in [0.1, 0.15) is 13.8 Å². The molecule has 1 rings (SSSR count). The first-order valence-electron chi connectivity index (χ1n) is 5.15. The third-order valence-corrected chi connectivity index (χ3v) is 3.48. The van der Waals surface area contributed by atoms with E-state index in [4.69, 9.17) is 11.6 Å². The van der Waals surface area contributed by atoms with Crippen LogP contribution in [0, 0.1) is 0 Å². The molecule has 0 unspecified atom stereocenters. The fourth-order valence-corrected chi connectivity index (χ4v) is 2.07. The van der Waals surface area contributed by atoms with E-state index in [9.17, 15) is 13.2 Å². The molecule has 1 aromatic carbocycles. The van der Waals surface area contributed by atoms with Crippen molar-refractivity contribution in [3.05, 3.63) is 34.9 Å². The quantitative estimate of drug-likeness (QED) is 0.869. The number of rotatable bonds is 3. The Labute approximate surface area is 112 Å². The molecule has 98 valence electrons. The average Bonchev–Trinajstić information content (AvgIpc) is 2.18. The van der Waals surface area contributed by atoms with Crippen LogP contribution in [0.3, 0.4) is 0 Å². The van der Waals surface area contributed by atoms with Crippen LogP contribution in [0.25, 0.3) is 0 Å². The summed E-state index contributed by atoms with van der Waals surface area (Å²) in [5.41, 5.74) is 1.12. The molecule has 4 nitrogen and oxygen atoms in total. The Bertz CT molecular complexity index is 602. The monoisotopic (exact) mass is 287 g/mol. The molecule has 0 spiro atoms. The van der Waals surface area contributed by atoms with Gasteiger partial charge in [-0.2, -0.15) is 0 Å². The normalized spacial score (nSPS) is 10.9. The van der Waals surface area contributed by atoms with Crippen molar-refractivity contribution in [1.29, 1.82) is 0 Å². The molecular formula is C12H14ClNO3S. The van der Waals surface area contributed by atoms with E-state index in [-0.39, 0.29) is 21.5 Å². The van der Waals surface area contributed by atoms with E-state index < -0.39 is 9.84 Å². The largest absolute Gasteiger partial charge is 0.321 e. The number of anilines is 1. The van der Waals surface area contributed by atoms with Crippen LogP contribution in [-0.4, -0.2) is 20.6 Å². The van der Waals surface area contributed by atoms with E-state index in [0.717, 1.165) is 11.8 Å². The molecular weight excluding hydrogens is 274 g/mol. The Morgan fingerprint density at radius 2 is 1.94 bits per heavy atom. The highest BCUT2D eigenvalue weighted by molar-refractivity contribution is 7.90. The molecule has 0 radical (unpaired) electrons. The van der Waals surface area contributed by atoms with Crippen molar-refractivity contribution >= 4 is 33.0 Å². The molecule has 0 heterocycles. The lowest BCUT2D eigenvalue weighted by Crippen LogP contribution is -2.09. The fraction of sp³-hybridized carbons (Fsp3) is 0.250. The topological polar surface area (TPSA) is 63.2 Å².